The lowest BCUT2D eigenvalue weighted by atomic mass is 10.2. The van der Waals surface area contributed by atoms with E-state index >= 15 is 0 Å². The third kappa shape index (κ3) is 5.06. The van der Waals surface area contributed by atoms with Gasteiger partial charge >= 0.3 is 0 Å². The van der Waals surface area contributed by atoms with Gasteiger partial charge in [0.05, 0.1) is 6.54 Å². The topological polar surface area (TPSA) is 72.5 Å². The summed E-state index contributed by atoms with van der Waals surface area (Å²) in [5.74, 6) is -0.444. The van der Waals surface area contributed by atoms with Crippen molar-refractivity contribution in [3.63, 3.8) is 0 Å². The largest absolute Gasteiger partial charge is 0.366 e. The van der Waals surface area contributed by atoms with Crippen molar-refractivity contribution in [2.24, 2.45) is 10.7 Å². The molecule has 0 bridgehead atoms. The molecule has 0 aromatic carbocycles. The van der Waals surface area contributed by atoms with Gasteiger partial charge in [0.25, 0.3) is 0 Å². The van der Waals surface area contributed by atoms with Gasteiger partial charge in [-0.15, -0.1) is 0 Å². The van der Waals surface area contributed by atoms with Crippen molar-refractivity contribution in [3.05, 3.63) is 11.6 Å². The fourth-order valence-corrected chi connectivity index (χ4v) is 0.492. The molecule has 60 valence electrons. The second kappa shape index (κ2) is 5.38. The molecular formula is C7H10N2O2. The van der Waals surface area contributed by atoms with Crippen LogP contribution in [0, 0.1) is 0 Å². The molecule has 11 heavy (non-hydrogen) atoms. The van der Waals surface area contributed by atoms with Gasteiger partial charge in [-0.05, 0) is 13.3 Å². The van der Waals surface area contributed by atoms with Gasteiger partial charge in [-0.2, -0.15) is 0 Å². The first-order valence-corrected chi connectivity index (χ1v) is 3.18. The molecule has 4 heteroatoms. The maximum atomic E-state index is 10.4. The minimum Gasteiger partial charge on any atom is -0.366 e. The Labute approximate surface area is 64.8 Å². The molecule has 2 N–H and O–H groups in total. The molecule has 0 fully saturated rings. The monoisotopic (exact) mass is 154 g/mol. The summed E-state index contributed by atoms with van der Waals surface area (Å²) in [5.41, 5.74) is 5.43. The van der Waals surface area contributed by atoms with Crippen molar-refractivity contribution in [3.8, 4) is 0 Å². The normalized spacial score (nSPS) is 10.5. The molecule has 0 aromatic heterocycles. The molecule has 0 aromatic rings. The molecule has 0 heterocycles. The Morgan fingerprint density at radius 1 is 1.73 bits per heavy atom. The molecule has 0 aliphatic rings. The molecule has 0 aliphatic carbocycles. The van der Waals surface area contributed by atoms with Gasteiger partial charge < -0.3 is 5.73 Å². The van der Waals surface area contributed by atoms with E-state index in [0.717, 1.165) is 0 Å². The Morgan fingerprint density at radius 3 is 2.82 bits per heavy atom. The fraction of sp³-hybridized carbons (Fsp3) is 0.429. The smallest absolute Gasteiger partial charge is 0.244 e. The Kier molecular flexibility index (Phi) is 4.69. The summed E-state index contributed by atoms with van der Waals surface area (Å²) < 4.78 is 0. The second-order valence-electron chi connectivity index (χ2n) is 2.01. The van der Waals surface area contributed by atoms with Crippen molar-refractivity contribution in [1.29, 1.82) is 0 Å². The van der Waals surface area contributed by atoms with E-state index < -0.39 is 5.91 Å². The van der Waals surface area contributed by atoms with Crippen molar-refractivity contribution >= 4 is 12.0 Å². The highest BCUT2D eigenvalue weighted by Crippen LogP contribution is 1.93. The molecule has 0 spiro atoms. The lowest BCUT2D eigenvalue weighted by Crippen LogP contribution is -2.11. The lowest BCUT2D eigenvalue weighted by Gasteiger charge is -1.90. The Morgan fingerprint density at radius 2 is 2.36 bits per heavy atom. The highest BCUT2D eigenvalue weighted by atomic mass is 16.1. The zero-order valence-corrected chi connectivity index (χ0v) is 6.33. The fourth-order valence-electron chi connectivity index (χ4n) is 0.492. The minimum absolute atomic E-state index is 0.355. The van der Waals surface area contributed by atoms with Crippen LogP contribution in [0.1, 0.15) is 13.3 Å². The molecule has 0 aliphatic heterocycles. The van der Waals surface area contributed by atoms with Crippen LogP contribution in [0.2, 0.25) is 0 Å². The number of primary amides is 1. The predicted molar refractivity (Wildman–Crippen MR) is 40.6 cm³/mol. The van der Waals surface area contributed by atoms with Gasteiger partial charge in [0.15, 0.2) is 0 Å². The molecule has 0 radical (unpaired) electrons. The summed E-state index contributed by atoms with van der Waals surface area (Å²) >= 11 is 0. The van der Waals surface area contributed by atoms with Gasteiger partial charge in [-0.3, -0.25) is 4.79 Å². The van der Waals surface area contributed by atoms with E-state index in [1.807, 2.05) is 0 Å². The highest BCUT2D eigenvalue weighted by molar-refractivity contribution is 5.91. The van der Waals surface area contributed by atoms with Gasteiger partial charge in [0, 0.05) is 5.57 Å². The van der Waals surface area contributed by atoms with E-state index in [9.17, 15) is 9.59 Å². The zero-order chi connectivity index (χ0) is 8.69. The van der Waals surface area contributed by atoms with Crippen LogP contribution < -0.4 is 5.73 Å². The third-order valence-electron chi connectivity index (χ3n) is 1.14. The predicted octanol–water partition coefficient (Wildman–Crippen LogP) is 0.144. The van der Waals surface area contributed by atoms with Crippen LogP contribution in [0.5, 0.6) is 0 Å². The second-order valence-corrected chi connectivity index (χ2v) is 2.01. The van der Waals surface area contributed by atoms with E-state index in [4.69, 9.17) is 5.73 Å². The number of hydrogen-bond acceptors (Lipinski definition) is 3. The molecule has 0 atom stereocenters. The van der Waals surface area contributed by atoms with Gasteiger partial charge in [0.1, 0.15) is 0 Å². The molecular weight excluding hydrogens is 144 g/mol. The Balaban J connectivity index is 3.73. The Bertz CT molecular complexity index is 214. The summed E-state index contributed by atoms with van der Waals surface area (Å²) in [6, 6.07) is 0. The van der Waals surface area contributed by atoms with Crippen LogP contribution in [0.3, 0.4) is 0 Å². The van der Waals surface area contributed by atoms with Crippen LogP contribution in [-0.2, 0) is 9.59 Å². The van der Waals surface area contributed by atoms with Crippen LogP contribution in [0.15, 0.2) is 16.6 Å². The highest BCUT2D eigenvalue weighted by Gasteiger charge is 1.93. The molecule has 0 saturated heterocycles. The van der Waals surface area contributed by atoms with E-state index in [2.05, 4.69) is 4.99 Å². The zero-order valence-electron chi connectivity index (χ0n) is 6.33. The number of rotatable bonds is 4. The van der Waals surface area contributed by atoms with Crippen molar-refractivity contribution < 1.29 is 9.59 Å². The first-order valence-electron chi connectivity index (χ1n) is 3.18. The van der Waals surface area contributed by atoms with E-state index in [1.54, 1.807) is 13.0 Å². The summed E-state index contributed by atoms with van der Waals surface area (Å²) in [6.45, 7) is 1.97. The van der Waals surface area contributed by atoms with Gasteiger partial charge in [-0.25, -0.2) is 9.79 Å². The van der Waals surface area contributed by atoms with Crippen LogP contribution in [-0.4, -0.2) is 18.5 Å². The van der Waals surface area contributed by atoms with E-state index in [1.165, 1.54) is 6.08 Å². The minimum atomic E-state index is -0.444. The van der Waals surface area contributed by atoms with Crippen LogP contribution in [0.25, 0.3) is 0 Å². The van der Waals surface area contributed by atoms with Crippen LogP contribution >= 0.6 is 0 Å². The SMILES string of the molecule is CC(=CCCN=C=O)C(N)=O. The average Bonchev–Trinajstić information content (AvgIpc) is 1.97. The number of amides is 1. The summed E-state index contributed by atoms with van der Waals surface area (Å²) in [5, 5.41) is 0. The average molecular weight is 154 g/mol. The summed E-state index contributed by atoms with van der Waals surface area (Å²) in [4.78, 5) is 23.3. The quantitative estimate of drug-likeness (QED) is 0.271. The summed E-state index contributed by atoms with van der Waals surface area (Å²) in [6.07, 6.45) is 3.59. The first-order chi connectivity index (χ1) is 5.18. The number of nitrogens with two attached hydrogens (primary N) is 1. The van der Waals surface area contributed by atoms with E-state index in [-0.39, 0.29) is 0 Å². The maximum Gasteiger partial charge on any atom is 0.244 e. The third-order valence-corrected chi connectivity index (χ3v) is 1.14. The maximum absolute atomic E-state index is 10.4. The van der Waals surface area contributed by atoms with Crippen LogP contribution in [0.4, 0.5) is 0 Å². The van der Waals surface area contributed by atoms with Gasteiger partial charge in [0.2, 0.25) is 12.0 Å². The van der Waals surface area contributed by atoms with Crippen molar-refractivity contribution in [2.45, 2.75) is 13.3 Å². The first kappa shape index (κ1) is 9.59. The molecule has 1 amide bonds. The summed E-state index contributed by atoms with van der Waals surface area (Å²) in [7, 11) is 0. The molecule has 4 nitrogen and oxygen atoms in total. The van der Waals surface area contributed by atoms with E-state index in [0.29, 0.717) is 18.5 Å². The number of aliphatic imine (C=N–C) groups is 1. The lowest BCUT2D eigenvalue weighted by molar-refractivity contribution is -0.114. The standard InChI is InChI=1S/C7H10N2O2/c1-6(7(8)11)3-2-4-9-5-10/h3H,2,4H2,1H3,(H2,8,11). The Hall–Kier alpha value is -1.41. The number of nitrogens with zero attached hydrogens (tertiary/aromatic N) is 1. The van der Waals surface area contributed by atoms with Gasteiger partial charge in [-0.1, -0.05) is 6.08 Å². The number of isocyanates is 1. The van der Waals surface area contributed by atoms with Crippen molar-refractivity contribution in [1.82, 2.24) is 0 Å². The number of hydrogen-bond donors (Lipinski definition) is 1. The molecule has 0 unspecified atom stereocenters. The number of carbonyl (C=O) groups excluding carboxylic acids is 2. The molecule has 0 rings (SSSR count). The van der Waals surface area contributed by atoms with Crippen molar-refractivity contribution in [2.75, 3.05) is 6.54 Å². The molecule has 0 saturated carbocycles. The number of carbonyl (C=O) groups is 1.